The molecule has 19 heavy (non-hydrogen) atoms. The Balaban J connectivity index is 2.90. The SMILES string of the molecule is C=C/C=C\C(=C)SC1(C(/C=C\CC)=C/C)CCNC1. The normalized spacial score (nSPS) is 24.4. The van der Waals surface area contributed by atoms with Gasteiger partial charge in [0.25, 0.3) is 0 Å². The Morgan fingerprint density at radius 3 is 2.74 bits per heavy atom. The summed E-state index contributed by atoms with van der Waals surface area (Å²) in [4.78, 5) is 1.09. The maximum atomic E-state index is 4.15. The molecule has 104 valence electrons. The summed E-state index contributed by atoms with van der Waals surface area (Å²) < 4.78 is 0.128. The van der Waals surface area contributed by atoms with Crippen LogP contribution in [-0.2, 0) is 0 Å². The lowest BCUT2D eigenvalue weighted by molar-refractivity contribution is 0.757. The molecule has 0 aromatic rings. The molecule has 0 aliphatic carbocycles. The van der Waals surface area contributed by atoms with Crippen molar-refractivity contribution < 1.29 is 0 Å². The highest BCUT2D eigenvalue weighted by atomic mass is 32.2. The number of thioether (sulfide) groups is 1. The molecule has 1 unspecified atom stereocenters. The number of allylic oxidation sites excluding steroid dienone is 6. The highest BCUT2D eigenvalue weighted by Gasteiger charge is 2.37. The van der Waals surface area contributed by atoms with Crippen LogP contribution in [-0.4, -0.2) is 17.8 Å². The topological polar surface area (TPSA) is 12.0 Å². The lowest BCUT2D eigenvalue weighted by Crippen LogP contribution is -2.29. The molecule has 0 spiro atoms. The van der Waals surface area contributed by atoms with Gasteiger partial charge < -0.3 is 5.32 Å². The molecule has 1 atom stereocenters. The average molecular weight is 275 g/mol. The molecule has 0 aromatic carbocycles. The predicted molar refractivity (Wildman–Crippen MR) is 89.5 cm³/mol. The van der Waals surface area contributed by atoms with Gasteiger partial charge in [0.15, 0.2) is 0 Å². The first-order valence-corrected chi connectivity index (χ1v) is 7.71. The van der Waals surface area contributed by atoms with Crippen molar-refractivity contribution in [2.24, 2.45) is 0 Å². The highest BCUT2D eigenvalue weighted by Crippen LogP contribution is 2.43. The van der Waals surface area contributed by atoms with Crippen molar-refractivity contribution in [2.75, 3.05) is 13.1 Å². The Hall–Kier alpha value is -0.990. The molecule has 0 aromatic heterocycles. The van der Waals surface area contributed by atoms with Gasteiger partial charge in [-0.2, -0.15) is 0 Å². The first kappa shape index (κ1) is 16.1. The smallest absolute Gasteiger partial charge is 0.0588 e. The largest absolute Gasteiger partial charge is 0.315 e. The zero-order chi connectivity index (χ0) is 14.1. The van der Waals surface area contributed by atoms with E-state index in [-0.39, 0.29) is 4.75 Å². The van der Waals surface area contributed by atoms with Crippen LogP contribution < -0.4 is 5.32 Å². The summed E-state index contributed by atoms with van der Waals surface area (Å²) in [7, 11) is 0. The summed E-state index contributed by atoms with van der Waals surface area (Å²) in [5.74, 6) is 0. The van der Waals surface area contributed by atoms with Crippen LogP contribution in [0.3, 0.4) is 0 Å². The fraction of sp³-hybridized carbons (Fsp3) is 0.412. The molecule has 1 heterocycles. The van der Waals surface area contributed by atoms with E-state index in [4.69, 9.17) is 0 Å². The van der Waals surface area contributed by atoms with Crippen molar-refractivity contribution in [3.8, 4) is 0 Å². The molecular weight excluding hydrogens is 250 g/mol. The molecule has 1 nitrogen and oxygen atoms in total. The Morgan fingerprint density at radius 2 is 2.21 bits per heavy atom. The van der Waals surface area contributed by atoms with Crippen LogP contribution in [0.2, 0.25) is 0 Å². The van der Waals surface area contributed by atoms with Crippen molar-refractivity contribution in [2.45, 2.75) is 31.4 Å². The first-order valence-electron chi connectivity index (χ1n) is 6.89. The van der Waals surface area contributed by atoms with Crippen molar-refractivity contribution in [3.63, 3.8) is 0 Å². The summed E-state index contributed by atoms with van der Waals surface area (Å²) >= 11 is 1.87. The van der Waals surface area contributed by atoms with Crippen LogP contribution in [0.4, 0.5) is 0 Å². The van der Waals surface area contributed by atoms with E-state index in [0.717, 1.165) is 30.8 Å². The predicted octanol–water partition coefficient (Wildman–Crippen LogP) is 4.62. The van der Waals surface area contributed by atoms with Crippen molar-refractivity contribution >= 4 is 11.8 Å². The van der Waals surface area contributed by atoms with E-state index in [1.54, 1.807) is 6.08 Å². The molecule has 0 radical (unpaired) electrons. The van der Waals surface area contributed by atoms with Crippen LogP contribution in [0, 0.1) is 0 Å². The zero-order valence-corrected chi connectivity index (χ0v) is 12.9. The molecule has 1 aliphatic heterocycles. The molecule has 0 amide bonds. The van der Waals surface area contributed by atoms with E-state index in [1.165, 1.54) is 5.57 Å². The molecule has 1 fully saturated rings. The number of nitrogens with one attached hydrogen (secondary N) is 1. The molecule has 0 bridgehead atoms. The summed E-state index contributed by atoms with van der Waals surface area (Å²) in [5.41, 5.74) is 1.40. The minimum atomic E-state index is 0.128. The molecule has 1 N–H and O–H groups in total. The maximum Gasteiger partial charge on any atom is 0.0588 e. The van der Waals surface area contributed by atoms with Gasteiger partial charge in [0, 0.05) is 11.4 Å². The molecule has 2 heteroatoms. The lowest BCUT2D eigenvalue weighted by atomic mass is 9.96. The van der Waals surface area contributed by atoms with Gasteiger partial charge in [-0.15, -0.1) is 11.8 Å². The second-order valence-electron chi connectivity index (χ2n) is 4.64. The Labute approximate surface area is 122 Å². The van der Waals surface area contributed by atoms with Gasteiger partial charge in [-0.05, 0) is 38.0 Å². The maximum absolute atomic E-state index is 4.15. The monoisotopic (exact) mass is 275 g/mol. The fourth-order valence-corrected chi connectivity index (χ4v) is 3.61. The van der Waals surface area contributed by atoms with E-state index in [2.05, 4.69) is 50.6 Å². The minimum absolute atomic E-state index is 0.128. The molecule has 1 saturated heterocycles. The summed E-state index contributed by atoms with van der Waals surface area (Å²) in [6.07, 6.45) is 14.7. The van der Waals surface area contributed by atoms with E-state index < -0.39 is 0 Å². The van der Waals surface area contributed by atoms with Crippen LogP contribution in [0.1, 0.15) is 26.7 Å². The second-order valence-corrected chi connectivity index (χ2v) is 6.15. The number of hydrogen-bond donors (Lipinski definition) is 1. The fourth-order valence-electron chi connectivity index (χ4n) is 2.28. The lowest BCUT2D eigenvalue weighted by Gasteiger charge is -2.29. The van der Waals surface area contributed by atoms with E-state index in [1.807, 2.05) is 23.9 Å². The summed E-state index contributed by atoms with van der Waals surface area (Å²) in [6.45, 7) is 14.2. The van der Waals surface area contributed by atoms with E-state index in [9.17, 15) is 0 Å². The first-order chi connectivity index (χ1) is 9.18. The van der Waals surface area contributed by atoms with Gasteiger partial charge in [-0.25, -0.2) is 0 Å². The van der Waals surface area contributed by atoms with Crippen molar-refractivity contribution in [3.05, 3.63) is 60.1 Å². The van der Waals surface area contributed by atoms with E-state index in [0.29, 0.717) is 0 Å². The van der Waals surface area contributed by atoms with Gasteiger partial charge in [-0.3, -0.25) is 0 Å². The highest BCUT2D eigenvalue weighted by molar-refractivity contribution is 8.04. The van der Waals surface area contributed by atoms with Gasteiger partial charge in [-0.1, -0.05) is 50.5 Å². The van der Waals surface area contributed by atoms with Gasteiger partial charge >= 0.3 is 0 Å². The molecule has 0 saturated carbocycles. The van der Waals surface area contributed by atoms with Gasteiger partial charge in [0.1, 0.15) is 0 Å². The Bertz CT molecular complexity index is 395. The minimum Gasteiger partial charge on any atom is -0.315 e. The van der Waals surface area contributed by atoms with Crippen molar-refractivity contribution in [1.82, 2.24) is 5.32 Å². The zero-order valence-electron chi connectivity index (χ0n) is 12.1. The van der Waals surface area contributed by atoms with Crippen molar-refractivity contribution in [1.29, 1.82) is 0 Å². The average Bonchev–Trinajstić information content (AvgIpc) is 2.86. The Morgan fingerprint density at radius 1 is 1.42 bits per heavy atom. The van der Waals surface area contributed by atoms with Crippen LogP contribution in [0.5, 0.6) is 0 Å². The van der Waals surface area contributed by atoms with Crippen LogP contribution >= 0.6 is 11.8 Å². The number of rotatable bonds is 7. The van der Waals surface area contributed by atoms with Crippen LogP contribution in [0.15, 0.2) is 60.1 Å². The molecule has 1 rings (SSSR count). The van der Waals surface area contributed by atoms with E-state index >= 15 is 0 Å². The quantitative estimate of drug-likeness (QED) is 0.680. The standard InChI is InChI=1S/C17H25NS/c1-5-8-10-15(4)19-17(12-13-18-14-17)16(7-3)11-9-6-2/h5,7-11,18H,1,4,6,12-14H2,2-3H3/b10-8-,11-9-,16-7+. The molecular formula is C17H25NS. The third-order valence-corrected chi connectivity index (χ3v) is 4.60. The molecule has 1 aliphatic rings. The third kappa shape index (κ3) is 4.55. The summed E-state index contributed by atoms with van der Waals surface area (Å²) in [6, 6.07) is 0. The summed E-state index contributed by atoms with van der Waals surface area (Å²) in [5, 5.41) is 3.48. The Kier molecular flexibility index (Phi) is 6.96. The van der Waals surface area contributed by atoms with Gasteiger partial charge in [0.2, 0.25) is 0 Å². The second kappa shape index (κ2) is 8.23. The van der Waals surface area contributed by atoms with Gasteiger partial charge in [0.05, 0.1) is 4.75 Å². The van der Waals surface area contributed by atoms with Crippen LogP contribution in [0.25, 0.3) is 0 Å². The third-order valence-electron chi connectivity index (χ3n) is 3.23. The number of hydrogen-bond acceptors (Lipinski definition) is 2.